The standard InChI is InChI=1S/C15H23NO2/c1-4-12(2)13(3)16(11-10-15(17)18)14-8-6-5-7-9-14/h5-9,12-13H,4,10-11H2,1-3H3,(H,17,18). The first kappa shape index (κ1) is 14.6. The van der Waals surface area contributed by atoms with Gasteiger partial charge in [0.25, 0.3) is 0 Å². The molecule has 1 rings (SSSR count). The Hall–Kier alpha value is -1.51. The Morgan fingerprint density at radius 2 is 1.89 bits per heavy atom. The molecule has 0 aliphatic rings. The van der Waals surface area contributed by atoms with E-state index in [1.54, 1.807) is 0 Å². The minimum atomic E-state index is -0.743. The fraction of sp³-hybridized carbons (Fsp3) is 0.533. The van der Waals surface area contributed by atoms with Crippen LogP contribution in [0.25, 0.3) is 0 Å². The normalized spacial score (nSPS) is 13.9. The maximum absolute atomic E-state index is 10.8. The molecule has 0 bridgehead atoms. The number of anilines is 1. The number of carboxylic acid groups (broad SMARTS) is 1. The largest absolute Gasteiger partial charge is 0.481 e. The first-order valence-electron chi connectivity index (χ1n) is 6.59. The smallest absolute Gasteiger partial charge is 0.305 e. The zero-order valence-electron chi connectivity index (χ0n) is 11.5. The van der Waals surface area contributed by atoms with E-state index in [4.69, 9.17) is 5.11 Å². The van der Waals surface area contributed by atoms with E-state index in [-0.39, 0.29) is 6.42 Å². The Morgan fingerprint density at radius 1 is 1.28 bits per heavy atom. The van der Waals surface area contributed by atoms with Gasteiger partial charge in [-0.25, -0.2) is 0 Å². The van der Waals surface area contributed by atoms with E-state index in [1.807, 2.05) is 30.3 Å². The lowest BCUT2D eigenvalue weighted by Gasteiger charge is -2.34. The van der Waals surface area contributed by atoms with E-state index in [0.717, 1.165) is 12.1 Å². The third kappa shape index (κ3) is 4.06. The third-order valence-corrected chi connectivity index (χ3v) is 3.61. The zero-order valence-corrected chi connectivity index (χ0v) is 11.5. The van der Waals surface area contributed by atoms with Crippen LogP contribution in [-0.2, 0) is 4.79 Å². The number of rotatable bonds is 7. The minimum Gasteiger partial charge on any atom is -0.481 e. The maximum atomic E-state index is 10.8. The van der Waals surface area contributed by atoms with Crippen LogP contribution in [0, 0.1) is 5.92 Å². The van der Waals surface area contributed by atoms with Crippen molar-refractivity contribution in [3.05, 3.63) is 30.3 Å². The predicted molar refractivity (Wildman–Crippen MR) is 75.0 cm³/mol. The molecule has 0 aliphatic carbocycles. The molecule has 0 saturated carbocycles. The highest BCUT2D eigenvalue weighted by atomic mass is 16.4. The number of carboxylic acids is 1. The second kappa shape index (κ2) is 7.04. The van der Waals surface area contributed by atoms with Crippen LogP contribution < -0.4 is 4.90 Å². The van der Waals surface area contributed by atoms with Gasteiger partial charge in [-0.2, -0.15) is 0 Å². The molecular formula is C15H23NO2. The number of hydrogen-bond donors (Lipinski definition) is 1. The Kier molecular flexibility index (Phi) is 5.69. The SMILES string of the molecule is CCC(C)C(C)N(CCC(=O)O)c1ccccc1. The summed E-state index contributed by atoms with van der Waals surface area (Å²) in [7, 11) is 0. The molecule has 1 aromatic carbocycles. The van der Waals surface area contributed by atoms with Crippen molar-refractivity contribution < 1.29 is 9.90 Å². The third-order valence-electron chi connectivity index (χ3n) is 3.61. The summed E-state index contributed by atoms with van der Waals surface area (Å²) in [5.41, 5.74) is 1.10. The summed E-state index contributed by atoms with van der Waals surface area (Å²) in [5, 5.41) is 8.86. The Bertz CT molecular complexity index is 364. The highest BCUT2D eigenvalue weighted by molar-refractivity contribution is 5.67. The lowest BCUT2D eigenvalue weighted by Crippen LogP contribution is -2.39. The number of benzene rings is 1. The van der Waals surface area contributed by atoms with Gasteiger partial charge in [0.15, 0.2) is 0 Å². The quantitative estimate of drug-likeness (QED) is 0.805. The van der Waals surface area contributed by atoms with E-state index in [9.17, 15) is 4.79 Å². The molecule has 0 heterocycles. The zero-order chi connectivity index (χ0) is 13.5. The molecule has 18 heavy (non-hydrogen) atoms. The van der Waals surface area contributed by atoms with Crippen LogP contribution in [0.1, 0.15) is 33.6 Å². The fourth-order valence-corrected chi connectivity index (χ4v) is 2.05. The van der Waals surface area contributed by atoms with Gasteiger partial charge >= 0.3 is 5.97 Å². The average molecular weight is 249 g/mol. The maximum Gasteiger partial charge on any atom is 0.305 e. The number of aliphatic carboxylic acids is 1. The highest BCUT2D eigenvalue weighted by Gasteiger charge is 2.19. The molecule has 2 atom stereocenters. The van der Waals surface area contributed by atoms with Gasteiger partial charge in [-0.1, -0.05) is 38.5 Å². The number of nitrogens with zero attached hydrogens (tertiary/aromatic N) is 1. The van der Waals surface area contributed by atoms with Crippen molar-refractivity contribution in [3.8, 4) is 0 Å². The van der Waals surface area contributed by atoms with E-state index in [1.165, 1.54) is 0 Å². The number of hydrogen-bond acceptors (Lipinski definition) is 2. The van der Waals surface area contributed by atoms with E-state index < -0.39 is 5.97 Å². The Labute approximate surface area is 109 Å². The van der Waals surface area contributed by atoms with E-state index in [2.05, 4.69) is 25.7 Å². The van der Waals surface area contributed by atoms with Crippen molar-refractivity contribution in [2.24, 2.45) is 5.92 Å². The summed E-state index contributed by atoms with van der Waals surface area (Å²) >= 11 is 0. The Morgan fingerprint density at radius 3 is 2.39 bits per heavy atom. The Balaban J connectivity index is 2.84. The first-order chi connectivity index (χ1) is 8.56. The summed E-state index contributed by atoms with van der Waals surface area (Å²) < 4.78 is 0. The van der Waals surface area contributed by atoms with Crippen LogP contribution in [0.3, 0.4) is 0 Å². The highest BCUT2D eigenvalue weighted by Crippen LogP contribution is 2.22. The van der Waals surface area contributed by atoms with Gasteiger partial charge in [0.1, 0.15) is 0 Å². The summed E-state index contributed by atoms with van der Waals surface area (Å²) in [4.78, 5) is 13.0. The lowest BCUT2D eigenvalue weighted by atomic mass is 9.98. The molecule has 1 N–H and O–H groups in total. The molecule has 0 aliphatic heterocycles. The molecule has 0 amide bonds. The molecule has 0 radical (unpaired) electrons. The first-order valence-corrected chi connectivity index (χ1v) is 6.59. The molecular weight excluding hydrogens is 226 g/mol. The number of para-hydroxylation sites is 1. The lowest BCUT2D eigenvalue weighted by molar-refractivity contribution is -0.136. The van der Waals surface area contributed by atoms with Gasteiger partial charge in [0, 0.05) is 18.3 Å². The number of carbonyl (C=O) groups is 1. The summed E-state index contributed by atoms with van der Waals surface area (Å²) in [6.45, 7) is 7.11. The van der Waals surface area contributed by atoms with Gasteiger partial charge in [0.05, 0.1) is 6.42 Å². The summed E-state index contributed by atoms with van der Waals surface area (Å²) in [5.74, 6) is -0.203. The monoisotopic (exact) mass is 249 g/mol. The average Bonchev–Trinajstić information content (AvgIpc) is 2.38. The molecule has 100 valence electrons. The van der Waals surface area contributed by atoms with Crippen molar-refractivity contribution >= 4 is 11.7 Å². The molecule has 0 aromatic heterocycles. The van der Waals surface area contributed by atoms with Crippen molar-refractivity contribution in [1.29, 1.82) is 0 Å². The molecule has 2 unspecified atom stereocenters. The van der Waals surface area contributed by atoms with Gasteiger partial charge < -0.3 is 10.0 Å². The van der Waals surface area contributed by atoms with Gasteiger partial charge in [-0.3, -0.25) is 4.79 Å². The molecule has 3 heteroatoms. The molecule has 0 spiro atoms. The van der Waals surface area contributed by atoms with Crippen LogP contribution in [0.2, 0.25) is 0 Å². The van der Waals surface area contributed by atoms with Crippen LogP contribution >= 0.6 is 0 Å². The van der Waals surface area contributed by atoms with Crippen molar-refractivity contribution in [3.63, 3.8) is 0 Å². The predicted octanol–water partition coefficient (Wildman–Crippen LogP) is 3.40. The topological polar surface area (TPSA) is 40.5 Å². The van der Waals surface area contributed by atoms with Crippen LogP contribution in [0.4, 0.5) is 5.69 Å². The molecule has 0 saturated heterocycles. The summed E-state index contributed by atoms with van der Waals surface area (Å²) in [6, 6.07) is 10.4. The summed E-state index contributed by atoms with van der Waals surface area (Å²) in [6.07, 6.45) is 1.27. The molecule has 0 fully saturated rings. The van der Waals surface area contributed by atoms with Crippen LogP contribution in [0.5, 0.6) is 0 Å². The van der Waals surface area contributed by atoms with E-state index in [0.29, 0.717) is 18.5 Å². The van der Waals surface area contributed by atoms with Gasteiger partial charge in [0.2, 0.25) is 0 Å². The van der Waals surface area contributed by atoms with Crippen LogP contribution in [-0.4, -0.2) is 23.7 Å². The molecule has 1 aromatic rings. The van der Waals surface area contributed by atoms with Gasteiger partial charge in [-0.15, -0.1) is 0 Å². The van der Waals surface area contributed by atoms with Crippen molar-refractivity contribution in [2.75, 3.05) is 11.4 Å². The van der Waals surface area contributed by atoms with Crippen LogP contribution in [0.15, 0.2) is 30.3 Å². The molecule has 3 nitrogen and oxygen atoms in total. The van der Waals surface area contributed by atoms with Gasteiger partial charge in [-0.05, 0) is 25.0 Å². The minimum absolute atomic E-state index is 0.176. The van der Waals surface area contributed by atoms with Crippen molar-refractivity contribution in [1.82, 2.24) is 0 Å². The van der Waals surface area contributed by atoms with E-state index >= 15 is 0 Å². The second-order valence-corrected chi connectivity index (χ2v) is 4.80. The van der Waals surface area contributed by atoms with Crippen molar-refractivity contribution in [2.45, 2.75) is 39.7 Å². The fourth-order valence-electron chi connectivity index (χ4n) is 2.05. The second-order valence-electron chi connectivity index (χ2n) is 4.80.